The van der Waals surface area contributed by atoms with Gasteiger partial charge in [0.05, 0.1) is 5.52 Å². The molecule has 3 aromatic heterocycles. The summed E-state index contributed by atoms with van der Waals surface area (Å²) >= 11 is 0. The molecule has 190 valence electrons. The predicted molar refractivity (Wildman–Crippen MR) is 154 cm³/mol. The number of aromatic amines is 1. The topological polar surface area (TPSA) is 85.4 Å². The molecule has 0 fully saturated rings. The van der Waals surface area contributed by atoms with E-state index in [9.17, 15) is 9.59 Å². The Morgan fingerprint density at radius 2 is 1.59 bits per heavy atom. The molecule has 6 nitrogen and oxygen atoms in total. The lowest BCUT2D eigenvalue weighted by Crippen LogP contribution is -2.09. The molecule has 39 heavy (non-hydrogen) atoms. The van der Waals surface area contributed by atoms with Gasteiger partial charge in [0.1, 0.15) is 29.3 Å². The van der Waals surface area contributed by atoms with E-state index in [1.165, 1.54) is 6.07 Å². The van der Waals surface area contributed by atoms with E-state index in [0.717, 1.165) is 49.1 Å². The van der Waals surface area contributed by atoms with Gasteiger partial charge in [0.25, 0.3) is 0 Å². The second-order valence-electron chi connectivity index (χ2n) is 9.80. The van der Waals surface area contributed by atoms with Crippen LogP contribution in [0.3, 0.4) is 0 Å². The number of hydrogen-bond acceptors (Lipinski definition) is 5. The zero-order valence-corrected chi connectivity index (χ0v) is 21.3. The smallest absolute Gasteiger partial charge is 0.336 e. The first-order valence-electron chi connectivity index (χ1n) is 12.7. The Kier molecular flexibility index (Phi) is 5.16. The number of pyridine rings is 1. The van der Waals surface area contributed by atoms with Crippen LogP contribution in [-0.2, 0) is 6.61 Å². The van der Waals surface area contributed by atoms with Gasteiger partial charge < -0.3 is 18.6 Å². The highest BCUT2D eigenvalue weighted by molar-refractivity contribution is 6.09. The van der Waals surface area contributed by atoms with Crippen LogP contribution < -0.4 is 15.9 Å². The minimum atomic E-state index is -0.432. The summed E-state index contributed by atoms with van der Waals surface area (Å²) in [5.41, 5.74) is 4.83. The maximum atomic E-state index is 12.6. The fourth-order valence-corrected chi connectivity index (χ4v) is 5.41. The van der Waals surface area contributed by atoms with Crippen molar-refractivity contribution < 1.29 is 13.6 Å². The molecule has 0 unspecified atom stereocenters. The van der Waals surface area contributed by atoms with E-state index in [0.29, 0.717) is 28.2 Å². The third kappa shape index (κ3) is 3.80. The molecule has 0 radical (unpaired) electrons. The molecule has 1 N–H and O–H groups in total. The lowest BCUT2D eigenvalue weighted by Gasteiger charge is -2.10. The van der Waals surface area contributed by atoms with Gasteiger partial charge in [-0.1, -0.05) is 48.5 Å². The minimum absolute atomic E-state index is 0.163. The number of furan rings is 1. The van der Waals surface area contributed by atoms with Crippen molar-refractivity contribution in [2.45, 2.75) is 20.5 Å². The Bertz CT molecular complexity index is 2200. The largest absolute Gasteiger partial charge is 0.489 e. The number of benzene rings is 4. The average molecular weight is 514 g/mol. The van der Waals surface area contributed by atoms with Gasteiger partial charge in [0.15, 0.2) is 0 Å². The summed E-state index contributed by atoms with van der Waals surface area (Å²) in [6, 6.07) is 26.5. The lowest BCUT2D eigenvalue weighted by molar-refractivity contribution is 0.307. The lowest BCUT2D eigenvalue weighted by atomic mass is 10.0. The van der Waals surface area contributed by atoms with E-state index in [1.807, 2.05) is 86.6 Å². The van der Waals surface area contributed by atoms with Gasteiger partial charge >= 0.3 is 5.63 Å². The van der Waals surface area contributed by atoms with E-state index in [1.54, 1.807) is 6.07 Å². The SMILES string of the molecule is Cc1c(-c2cc(=O)oc3c2ccc2ccccc23)oc2cc(OCc3cc(=O)[nH]c4c(C)cccc34)ccc12. The molecule has 0 saturated heterocycles. The van der Waals surface area contributed by atoms with Gasteiger partial charge in [0, 0.05) is 56.4 Å². The fourth-order valence-electron chi connectivity index (χ4n) is 5.41. The Morgan fingerprint density at radius 1 is 0.769 bits per heavy atom. The number of rotatable bonds is 4. The zero-order chi connectivity index (χ0) is 26.7. The first-order valence-corrected chi connectivity index (χ1v) is 12.7. The number of H-pyrrole nitrogens is 1. The van der Waals surface area contributed by atoms with Gasteiger partial charge in [0.2, 0.25) is 5.56 Å². The second kappa shape index (κ2) is 8.74. The number of aromatic nitrogens is 1. The van der Waals surface area contributed by atoms with Crippen molar-refractivity contribution in [3.8, 4) is 17.1 Å². The van der Waals surface area contributed by atoms with Crippen molar-refractivity contribution in [3.63, 3.8) is 0 Å². The predicted octanol–water partition coefficient (Wildman–Crippen LogP) is 7.40. The van der Waals surface area contributed by atoms with Crippen LogP contribution in [0.1, 0.15) is 16.7 Å². The molecular weight excluding hydrogens is 490 g/mol. The van der Waals surface area contributed by atoms with Crippen LogP contribution in [0.4, 0.5) is 0 Å². The summed E-state index contributed by atoms with van der Waals surface area (Å²) in [5.74, 6) is 1.23. The van der Waals surface area contributed by atoms with Gasteiger partial charge in [-0.25, -0.2) is 4.79 Å². The molecule has 0 bridgehead atoms. The van der Waals surface area contributed by atoms with Crippen LogP contribution in [-0.4, -0.2) is 4.98 Å². The molecule has 0 aliphatic heterocycles. The van der Waals surface area contributed by atoms with Crippen molar-refractivity contribution in [1.29, 1.82) is 0 Å². The Labute approximate surface area is 222 Å². The highest BCUT2D eigenvalue weighted by Gasteiger charge is 2.18. The standard InChI is InChI=1S/C33H23NO5/c1-18-6-5-9-24-21(14-29(35)34-31(18)24)17-37-22-11-13-23-19(2)32(38-28(23)15-22)27-16-30(36)39-33-25-8-4-3-7-20(25)10-12-26(27)33/h3-16H,17H2,1-2H3,(H,34,35). The number of nitrogens with one attached hydrogen (secondary N) is 1. The van der Waals surface area contributed by atoms with E-state index >= 15 is 0 Å². The van der Waals surface area contributed by atoms with Crippen molar-refractivity contribution in [3.05, 3.63) is 122 Å². The van der Waals surface area contributed by atoms with E-state index in [-0.39, 0.29) is 12.2 Å². The third-order valence-corrected chi connectivity index (χ3v) is 7.36. The Balaban J connectivity index is 1.29. The Morgan fingerprint density at radius 3 is 2.49 bits per heavy atom. The minimum Gasteiger partial charge on any atom is -0.489 e. The highest BCUT2D eigenvalue weighted by atomic mass is 16.5. The van der Waals surface area contributed by atoms with Crippen LogP contribution in [0.2, 0.25) is 0 Å². The summed E-state index contributed by atoms with van der Waals surface area (Å²) in [5, 5.41) is 4.56. The first kappa shape index (κ1) is 23.0. The summed E-state index contributed by atoms with van der Waals surface area (Å²) in [6.45, 7) is 4.18. The zero-order valence-electron chi connectivity index (χ0n) is 21.3. The number of fused-ring (bicyclic) bond motifs is 5. The molecule has 7 rings (SSSR count). The van der Waals surface area contributed by atoms with Crippen LogP contribution in [0.25, 0.3) is 54.9 Å². The van der Waals surface area contributed by atoms with Crippen molar-refractivity contribution in [2.75, 3.05) is 0 Å². The summed E-state index contributed by atoms with van der Waals surface area (Å²) in [6.07, 6.45) is 0. The molecule has 6 heteroatoms. The van der Waals surface area contributed by atoms with Crippen LogP contribution in [0, 0.1) is 13.8 Å². The van der Waals surface area contributed by atoms with Crippen LogP contribution in [0.15, 0.2) is 103 Å². The van der Waals surface area contributed by atoms with Crippen molar-refractivity contribution in [1.82, 2.24) is 4.98 Å². The number of ether oxygens (including phenoxy) is 1. The molecule has 3 heterocycles. The molecule has 0 aliphatic carbocycles. The summed E-state index contributed by atoms with van der Waals surface area (Å²) in [4.78, 5) is 27.8. The maximum absolute atomic E-state index is 12.6. The maximum Gasteiger partial charge on any atom is 0.336 e. The molecule has 0 amide bonds. The highest BCUT2D eigenvalue weighted by Crippen LogP contribution is 2.39. The van der Waals surface area contributed by atoms with Crippen LogP contribution in [0.5, 0.6) is 5.75 Å². The van der Waals surface area contributed by atoms with Crippen molar-refractivity contribution in [2.24, 2.45) is 0 Å². The number of hydrogen-bond donors (Lipinski definition) is 1. The van der Waals surface area contributed by atoms with Crippen LogP contribution >= 0.6 is 0 Å². The quantitative estimate of drug-likeness (QED) is 0.196. The average Bonchev–Trinajstić information content (AvgIpc) is 3.27. The monoisotopic (exact) mass is 513 g/mol. The van der Waals surface area contributed by atoms with Gasteiger partial charge in [-0.15, -0.1) is 0 Å². The van der Waals surface area contributed by atoms with Gasteiger partial charge in [-0.05, 0) is 43.0 Å². The van der Waals surface area contributed by atoms with Crippen molar-refractivity contribution >= 4 is 43.6 Å². The first-order chi connectivity index (χ1) is 19.0. The normalized spacial score (nSPS) is 11.6. The molecular formula is C33H23NO5. The molecule has 7 aromatic rings. The van der Waals surface area contributed by atoms with Gasteiger partial charge in [-0.2, -0.15) is 0 Å². The molecule has 4 aromatic carbocycles. The summed E-state index contributed by atoms with van der Waals surface area (Å²) < 4.78 is 18.1. The molecule has 0 saturated carbocycles. The molecule has 0 aliphatic rings. The van der Waals surface area contributed by atoms with E-state index in [2.05, 4.69) is 4.98 Å². The second-order valence-corrected chi connectivity index (χ2v) is 9.80. The number of para-hydroxylation sites is 1. The van der Waals surface area contributed by atoms with Gasteiger partial charge in [-0.3, -0.25) is 4.79 Å². The fraction of sp³-hybridized carbons (Fsp3) is 0.0909. The van der Waals surface area contributed by atoms with E-state index < -0.39 is 5.63 Å². The molecule has 0 spiro atoms. The third-order valence-electron chi connectivity index (χ3n) is 7.36. The van der Waals surface area contributed by atoms with E-state index in [4.69, 9.17) is 13.6 Å². The molecule has 0 atom stereocenters. The summed E-state index contributed by atoms with van der Waals surface area (Å²) in [7, 11) is 0. The Hall–Kier alpha value is -5.10. The number of aryl methyl sites for hydroxylation is 2.